The van der Waals surface area contributed by atoms with Gasteiger partial charge in [0.2, 0.25) is 7.37 Å². The van der Waals surface area contributed by atoms with Crippen molar-refractivity contribution in [2.75, 3.05) is 7.11 Å². The van der Waals surface area contributed by atoms with E-state index in [-0.39, 0.29) is 0 Å². The molecule has 0 bridgehead atoms. The van der Waals surface area contributed by atoms with Crippen LogP contribution in [-0.4, -0.2) is 12.1 Å². The van der Waals surface area contributed by atoms with Gasteiger partial charge in [-0.05, 0) is 24.3 Å². The smallest absolute Gasteiger partial charge is 0.237 e. The van der Waals surface area contributed by atoms with E-state index in [9.17, 15) is 4.57 Å². The van der Waals surface area contributed by atoms with E-state index in [1.165, 1.54) is 7.11 Å². The average Bonchev–Trinajstić information content (AvgIpc) is 2.55. The minimum atomic E-state index is -2.92. The molecule has 0 radical (unpaired) electrons. The molecule has 1 unspecified atom stereocenters. The van der Waals surface area contributed by atoms with Gasteiger partial charge in [0.25, 0.3) is 0 Å². The first kappa shape index (κ1) is 14.0. The summed E-state index contributed by atoms with van der Waals surface area (Å²) in [6.45, 7) is 0. The van der Waals surface area contributed by atoms with Crippen molar-refractivity contribution in [3.8, 4) is 0 Å². The molecule has 106 valence electrons. The molecular formula is C17H16NO2P. The largest absolute Gasteiger partial charge is 0.328 e. The van der Waals surface area contributed by atoms with E-state index in [2.05, 4.69) is 4.98 Å². The molecule has 0 saturated heterocycles. The summed E-state index contributed by atoms with van der Waals surface area (Å²) in [5.74, 6) is 0. The summed E-state index contributed by atoms with van der Waals surface area (Å²) in [5.41, 5.74) is 1.69. The van der Waals surface area contributed by atoms with Gasteiger partial charge in [0.05, 0.1) is 17.4 Å². The standard InChI is InChI=1S/C17H16NO2P/c1-20-21(19,16-8-3-2-4-9-16)13-15-12-11-14-7-5-6-10-17(14)18-15/h2-12H,13H2,1H3. The molecule has 1 heterocycles. The molecule has 0 aliphatic carbocycles. The van der Waals surface area contributed by atoms with Crippen molar-refractivity contribution in [1.29, 1.82) is 0 Å². The van der Waals surface area contributed by atoms with Crippen molar-refractivity contribution >= 4 is 23.6 Å². The number of nitrogens with zero attached hydrogens (tertiary/aromatic N) is 1. The van der Waals surface area contributed by atoms with Crippen LogP contribution in [0.5, 0.6) is 0 Å². The zero-order valence-electron chi connectivity index (χ0n) is 11.8. The summed E-state index contributed by atoms with van der Waals surface area (Å²) in [6, 6.07) is 21.1. The second-order valence-corrected chi connectivity index (χ2v) is 7.39. The highest BCUT2D eigenvalue weighted by Crippen LogP contribution is 2.47. The first-order valence-electron chi connectivity index (χ1n) is 6.76. The Morgan fingerprint density at radius 1 is 0.952 bits per heavy atom. The Kier molecular flexibility index (Phi) is 3.87. The number of benzene rings is 2. The molecule has 0 fully saturated rings. The van der Waals surface area contributed by atoms with Crippen molar-refractivity contribution in [2.24, 2.45) is 0 Å². The van der Waals surface area contributed by atoms with Gasteiger partial charge in [-0.1, -0.05) is 42.5 Å². The van der Waals surface area contributed by atoms with Gasteiger partial charge in [-0.2, -0.15) is 0 Å². The normalized spacial score (nSPS) is 14.0. The SMILES string of the molecule is COP(=O)(Cc1ccc2ccccc2n1)c1ccccc1. The summed E-state index contributed by atoms with van der Waals surface area (Å²) in [4.78, 5) is 4.58. The van der Waals surface area contributed by atoms with Gasteiger partial charge in [0.15, 0.2) is 0 Å². The van der Waals surface area contributed by atoms with Crippen LogP contribution >= 0.6 is 7.37 Å². The van der Waals surface area contributed by atoms with Crippen molar-refractivity contribution in [3.05, 3.63) is 72.4 Å². The van der Waals surface area contributed by atoms with Gasteiger partial charge in [-0.25, -0.2) is 0 Å². The highest BCUT2D eigenvalue weighted by Gasteiger charge is 2.25. The van der Waals surface area contributed by atoms with Gasteiger partial charge in [0, 0.05) is 17.8 Å². The van der Waals surface area contributed by atoms with E-state index in [1.54, 1.807) is 0 Å². The third-order valence-corrected chi connectivity index (χ3v) is 5.89. The molecule has 2 aromatic carbocycles. The van der Waals surface area contributed by atoms with E-state index >= 15 is 0 Å². The average molecular weight is 297 g/mol. The fourth-order valence-electron chi connectivity index (χ4n) is 2.33. The fourth-order valence-corrected chi connectivity index (χ4v) is 4.08. The molecule has 4 heteroatoms. The Bertz CT molecular complexity index is 802. The van der Waals surface area contributed by atoms with E-state index in [0.29, 0.717) is 6.16 Å². The van der Waals surface area contributed by atoms with Crippen LogP contribution in [-0.2, 0) is 15.3 Å². The second kappa shape index (κ2) is 5.80. The van der Waals surface area contributed by atoms with Crippen LogP contribution < -0.4 is 5.30 Å². The number of hydrogen-bond donors (Lipinski definition) is 0. The predicted octanol–water partition coefficient (Wildman–Crippen LogP) is 3.98. The molecule has 0 saturated carbocycles. The Hall–Kier alpha value is -1.96. The number of aromatic nitrogens is 1. The lowest BCUT2D eigenvalue weighted by molar-refractivity contribution is 0.401. The number of rotatable bonds is 4. The van der Waals surface area contributed by atoms with Crippen LogP contribution in [0.25, 0.3) is 10.9 Å². The summed E-state index contributed by atoms with van der Waals surface area (Å²) >= 11 is 0. The molecule has 3 rings (SSSR count). The third-order valence-electron chi connectivity index (χ3n) is 3.47. The first-order chi connectivity index (χ1) is 10.2. The highest BCUT2D eigenvalue weighted by atomic mass is 31.2. The van der Waals surface area contributed by atoms with Crippen LogP contribution in [0.4, 0.5) is 0 Å². The molecular weight excluding hydrogens is 281 g/mol. The minimum absolute atomic E-state index is 0.304. The minimum Gasteiger partial charge on any atom is -0.328 e. The summed E-state index contributed by atoms with van der Waals surface area (Å²) in [6.07, 6.45) is 0.304. The predicted molar refractivity (Wildman–Crippen MR) is 86.1 cm³/mol. The number of hydrogen-bond acceptors (Lipinski definition) is 3. The number of pyridine rings is 1. The molecule has 1 atom stereocenters. The lowest BCUT2D eigenvalue weighted by Crippen LogP contribution is -2.08. The molecule has 3 nitrogen and oxygen atoms in total. The van der Waals surface area contributed by atoms with Crippen molar-refractivity contribution in [3.63, 3.8) is 0 Å². The first-order valence-corrected chi connectivity index (χ1v) is 8.57. The van der Waals surface area contributed by atoms with Crippen LogP contribution in [0.1, 0.15) is 5.69 Å². The molecule has 0 amide bonds. The van der Waals surface area contributed by atoms with Gasteiger partial charge in [0.1, 0.15) is 0 Å². The number of para-hydroxylation sites is 1. The van der Waals surface area contributed by atoms with Gasteiger partial charge >= 0.3 is 0 Å². The Labute approximate surface area is 124 Å². The van der Waals surface area contributed by atoms with Crippen LogP contribution in [0.15, 0.2) is 66.7 Å². The van der Waals surface area contributed by atoms with Crippen LogP contribution in [0.2, 0.25) is 0 Å². The van der Waals surface area contributed by atoms with Gasteiger partial charge in [-0.15, -0.1) is 0 Å². The molecule has 1 aromatic heterocycles. The van der Waals surface area contributed by atoms with Crippen molar-refractivity contribution in [2.45, 2.75) is 6.16 Å². The quantitative estimate of drug-likeness (QED) is 0.684. The monoisotopic (exact) mass is 297 g/mol. The molecule has 0 aliphatic heterocycles. The lowest BCUT2D eigenvalue weighted by Gasteiger charge is -2.16. The molecule has 0 aliphatic rings. The topological polar surface area (TPSA) is 39.2 Å². The Morgan fingerprint density at radius 3 is 2.43 bits per heavy atom. The van der Waals surface area contributed by atoms with E-state index in [4.69, 9.17) is 4.52 Å². The highest BCUT2D eigenvalue weighted by molar-refractivity contribution is 7.66. The maximum absolute atomic E-state index is 13.0. The van der Waals surface area contributed by atoms with Gasteiger partial charge < -0.3 is 4.52 Å². The third kappa shape index (κ3) is 2.90. The fraction of sp³-hybridized carbons (Fsp3) is 0.118. The van der Waals surface area contributed by atoms with Crippen molar-refractivity contribution < 1.29 is 9.09 Å². The maximum Gasteiger partial charge on any atom is 0.237 e. The maximum atomic E-state index is 13.0. The summed E-state index contributed by atoms with van der Waals surface area (Å²) in [7, 11) is -1.42. The Balaban J connectivity index is 1.97. The number of fused-ring (bicyclic) bond motifs is 1. The molecule has 0 spiro atoms. The van der Waals surface area contributed by atoms with Crippen molar-refractivity contribution in [1.82, 2.24) is 4.98 Å². The lowest BCUT2D eigenvalue weighted by atomic mass is 10.2. The zero-order chi connectivity index (χ0) is 14.7. The molecule has 3 aromatic rings. The van der Waals surface area contributed by atoms with E-state index in [0.717, 1.165) is 21.9 Å². The molecule has 0 N–H and O–H groups in total. The van der Waals surface area contributed by atoms with E-state index in [1.807, 2.05) is 66.7 Å². The summed E-state index contributed by atoms with van der Waals surface area (Å²) in [5, 5.41) is 1.80. The van der Waals surface area contributed by atoms with Gasteiger partial charge in [-0.3, -0.25) is 9.55 Å². The summed E-state index contributed by atoms with van der Waals surface area (Å²) < 4.78 is 18.4. The van der Waals surface area contributed by atoms with E-state index < -0.39 is 7.37 Å². The van der Waals surface area contributed by atoms with Crippen LogP contribution in [0, 0.1) is 0 Å². The molecule has 21 heavy (non-hydrogen) atoms. The Morgan fingerprint density at radius 2 is 1.67 bits per heavy atom. The second-order valence-electron chi connectivity index (χ2n) is 4.84. The van der Waals surface area contributed by atoms with Crippen LogP contribution in [0.3, 0.4) is 0 Å². The zero-order valence-corrected chi connectivity index (χ0v) is 12.7.